The van der Waals surface area contributed by atoms with Gasteiger partial charge in [0.05, 0.1) is 13.2 Å². The number of carbonyl (C=O) groups is 2. The Kier molecular flexibility index (Phi) is 5.73. The molecule has 1 aromatic rings. The SMILES string of the molecule is CC[C@](CNC(=O)CC#N)(C(=O)OC)c1ccccc1. The van der Waals surface area contributed by atoms with Gasteiger partial charge in [0, 0.05) is 6.54 Å². The standard InChI is InChI=1S/C15H18N2O3/c1-3-15(14(19)20-2,11-17-13(18)9-10-16)12-7-5-4-6-8-12/h4-8H,3,9,11H2,1-2H3,(H,17,18)/t15-/m1/s1. The number of hydrogen-bond donors (Lipinski definition) is 1. The maximum atomic E-state index is 12.2. The normalized spacial score (nSPS) is 12.8. The highest BCUT2D eigenvalue weighted by Gasteiger charge is 2.40. The lowest BCUT2D eigenvalue weighted by Crippen LogP contribution is -2.46. The zero-order valence-electron chi connectivity index (χ0n) is 11.7. The van der Waals surface area contributed by atoms with Crippen LogP contribution in [0.2, 0.25) is 0 Å². The molecule has 0 saturated carbocycles. The summed E-state index contributed by atoms with van der Waals surface area (Å²) in [7, 11) is 1.33. The van der Waals surface area contributed by atoms with Crippen molar-refractivity contribution in [2.45, 2.75) is 25.2 Å². The Morgan fingerprint density at radius 2 is 2.00 bits per heavy atom. The van der Waals surface area contributed by atoms with E-state index in [-0.39, 0.29) is 13.0 Å². The van der Waals surface area contributed by atoms with Gasteiger partial charge in [0.15, 0.2) is 0 Å². The summed E-state index contributed by atoms with van der Waals surface area (Å²) in [5, 5.41) is 11.1. The lowest BCUT2D eigenvalue weighted by molar-refractivity contribution is -0.147. The van der Waals surface area contributed by atoms with Crippen molar-refractivity contribution in [3.05, 3.63) is 35.9 Å². The summed E-state index contributed by atoms with van der Waals surface area (Å²) in [4.78, 5) is 23.7. The van der Waals surface area contributed by atoms with Crippen LogP contribution >= 0.6 is 0 Å². The monoisotopic (exact) mass is 274 g/mol. The number of rotatable bonds is 6. The van der Waals surface area contributed by atoms with Gasteiger partial charge in [0.25, 0.3) is 0 Å². The molecule has 1 atom stereocenters. The number of esters is 1. The fourth-order valence-electron chi connectivity index (χ4n) is 2.10. The number of benzene rings is 1. The second-order valence-corrected chi connectivity index (χ2v) is 4.40. The van der Waals surface area contributed by atoms with Crippen molar-refractivity contribution in [3.63, 3.8) is 0 Å². The molecular formula is C15H18N2O3. The molecular weight excluding hydrogens is 256 g/mol. The molecule has 0 bridgehead atoms. The van der Waals surface area contributed by atoms with Gasteiger partial charge < -0.3 is 10.1 Å². The first-order valence-electron chi connectivity index (χ1n) is 6.38. The van der Waals surface area contributed by atoms with Crippen LogP contribution < -0.4 is 5.32 Å². The molecule has 5 nitrogen and oxygen atoms in total. The molecule has 0 spiro atoms. The van der Waals surface area contributed by atoms with Gasteiger partial charge in [-0.25, -0.2) is 0 Å². The van der Waals surface area contributed by atoms with E-state index < -0.39 is 17.3 Å². The van der Waals surface area contributed by atoms with Crippen LogP contribution in [0.25, 0.3) is 0 Å². The lowest BCUT2D eigenvalue weighted by atomic mass is 9.78. The summed E-state index contributed by atoms with van der Waals surface area (Å²) in [6, 6.07) is 11.0. The fraction of sp³-hybridized carbons (Fsp3) is 0.400. The molecule has 1 rings (SSSR count). The minimum Gasteiger partial charge on any atom is -0.468 e. The average molecular weight is 274 g/mol. The van der Waals surface area contributed by atoms with Crippen LogP contribution in [0, 0.1) is 11.3 Å². The van der Waals surface area contributed by atoms with E-state index in [0.29, 0.717) is 6.42 Å². The smallest absolute Gasteiger partial charge is 0.318 e. The lowest BCUT2D eigenvalue weighted by Gasteiger charge is -2.30. The van der Waals surface area contributed by atoms with E-state index in [1.807, 2.05) is 37.3 Å². The van der Waals surface area contributed by atoms with Gasteiger partial charge in [-0.1, -0.05) is 37.3 Å². The van der Waals surface area contributed by atoms with Crippen LogP contribution in [0.4, 0.5) is 0 Å². The summed E-state index contributed by atoms with van der Waals surface area (Å²) in [6.07, 6.45) is 0.256. The van der Waals surface area contributed by atoms with Crippen LogP contribution in [-0.4, -0.2) is 25.5 Å². The third-order valence-corrected chi connectivity index (χ3v) is 3.33. The van der Waals surface area contributed by atoms with Crippen LogP contribution in [-0.2, 0) is 19.7 Å². The largest absolute Gasteiger partial charge is 0.468 e. The van der Waals surface area contributed by atoms with Gasteiger partial charge in [-0.2, -0.15) is 5.26 Å². The second kappa shape index (κ2) is 7.29. The third kappa shape index (κ3) is 3.35. The molecule has 1 amide bonds. The molecule has 0 aliphatic carbocycles. The van der Waals surface area contributed by atoms with Crippen LogP contribution in [0.5, 0.6) is 0 Å². The number of nitriles is 1. The van der Waals surface area contributed by atoms with Crippen molar-refractivity contribution in [1.29, 1.82) is 5.26 Å². The van der Waals surface area contributed by atoms with Crippen molar-refractivity contribution >= 4 is 11.9 Å². The van der Waals surface area contributed by atoms with Crippen molar-refractivity contribution in [1.82, 2.24) is 5.32 Å². The molecule has 0 heterocycles. The molecule has 0 saturated heterocycles. The van der Waals surface area contributed by atoms with Crippen LogP contribution in [0.3, 0.4) is 0 Å². The Morgan fingerprint density at radius 3 is 2.50 bits per heavy atom. The quantitative estimate of drug-likeness (QED) is 0.798. The molecule has 106 valence electrons. The molecule has 0 fully saturated rings. The van der Waals surface area contributed by atoms with E-state index in [4.69, 9.17) is 10.00 Å². The fourth-order valence-corrected chi connectivity index (χ4v) is 2.10. The predicted molar refractivity (Wildman–Crippen MR) is 73.7 cm³/mol. The van der Waals surface area contributed by atoms with Crippen molar-refractivity contribution in [2.24, 2.45) is 0 Å². The van der Waals surface area contributed by atoms with Gasteiger partial charge in [-0.05, 0) is 12.0 Å². The zero-order valence-corrected chi connectivity index (χ0v) is 11.7. The molecule has 0 radical (unpaired) electrons. The van der Waals surface area contributed by atoms with E-state index in [1.54, 1.807) is 6.07 Å². The van der Waals surface area contributed by atoms with Crippen molar-refractivity contribution < 1.29 is 14.3 Å². The Hall–Kier alpha value is -2.35. The maximum Gasteiger partial charge on any atom is 0.318 e. The van der Waals surface area contributed by atoms with E-state index in [2.05, 4.69) is 5.32 Å². The first-order chi connectivity index (χ1) is 9.60. The Labute approximate surface area is 118 Å². The number of hydrogen-bond acceptors (Lipinski definition) is 4. The summed E-state index contributed by atoms with van der Waals surface area (Å²) < 4.78 is 4.90. The van der Waals surface area contributed by atoms with Gasteiger partial charge >= 0.3 is 5.97 Å². The van der Waals surface area contributed by atoms with Crippen molar-refractivity contribution in [3.8, 4) is 6.07 Å². The van der Waals surface area contributed by atoms with Crippen LogP contribution in [0.1, 0.15) is 25.3 Å². The van der Waals surface area contributed by atoms with Gasteiger partial charge in [-0.3, -0.25) is 9.59 Å². The Balaban J connectivity index is 3.05. The number of nitrogens with one attached hydrogen (secondary N) is 1. The molecule has 0 aliphatic rings. The maximum absolute atomic E-state index is 12.2. The molecule has 0 unspecified atom stereocenters. The first kappa shape index (κ1) is 15.7. The molecule has 20 heavy (non-hydrogen) atoms. The van der Waals surface area contributed by atoms with E-state index in [1.165, 1.54) is 7.11 Å². The summed E-state index contributed by atoms with van der Waals surface area (Å²) in [6.45, 7) is 1.97. The minimum atomic E-state index is -0.929. The van der Waals surface area contributed by atoms with E-state index in [0.717, 1.165) is 5.56 Å². The van der Waals surface area contributed by atoms with Crippen molar-refractivity contribution in [2.75, 3.05) is 13.7 Å². The minimum absolute atomic E-state index is 0.112. The summed E-state index contributed by atoms with van der Waals surface area (Å²) >= 11 is 0. The number of amides is 1. The second-order valence-electron chi connectivity index (χ2n) is 4.40. The zero-order chi connectivity index (χ0) is 15.0. The highest BCUT2D eigenvalue weighted by Crippen LogP contribution is 2.29. The third-order valence-electron chi connectivity index (χ3n) is 3.33. The summed E-state index contributed by atoms with van der Waals surface area (Å²) in [5.41, 5.74) is -0.146. The first-order valence-corrected chi connectivity index (χ1v) is 6.38. The Bertz CT molecular complexity index is 508. The van der Waals surface area contributed by atoms with Gasteiger partial charge in [-0.15, -0.1) is 0 Å². The Morgan fingerprint density at radius 1 is 1.35 bits per heavy atom. The molecule has 1 aromatic carbocycles. The van der Waals surface area contributed by atoms with Gasteiger partial charge in [0.1, 0.15) is 11.8 Å². The molecule has 1 N–H and O–H groups in total. The van der Waals surface area contributed by atoms with E-state index in [9.17, 15) is 9.59 Å². The molecule has 5 heteroatoms. The number of nitrogens with zero attached hydrogens (tertiary/aromatic N) is 1. The molecule has 0 aliphatic heterocycles. The number of ether oxygens (including phenoxy) is 1. The highest BCUT2D eigenvalue weighted by atomic mass is 16.5. The average Bonchev–Trinajstić information content (AvgIpc) is 2.49. The predicted octanol–water partition coefficient (Wildman–Crippen LogP) is 1.54. The highest BCUT2D eigenvalue weighted by molar-refractivity contribution is 5.85. The topological polar surface area (TPSA) is 79.2 Å². The van der Waals surface area contributed by atoms with Crippen LogP contribution in [0.15, 0.2) is 30.3 Å². The molecule has 0 aromatic heterocycles. The van der Waals surface area contributed by atoms with E-state index >= 15 is 0 Å². The van der Waals surface area contributed by atoms with Gasteiger partial charge in [0.2, 0.25) is 5.91 Å². The number of methoxy groups -OCH3 is 1. The number of carbonyl (C=O) groups excluding carboxylic acids is 2. The summed E-state index contributed by atoms with van der Waals surface area (Å²) in [5.74, 6) is -0.798.